The molecule has 7 heteroatoms. The number of aromatic nitrogens is 2. The van der Waals surface area contributed by atoms with E-state index in [0.29, 0.717) is 15.9 Å². The van der Waals surface area contributed by atoms with Gasteiger partial charge in [-0.15, -0.1) is 11.3 Å². The third kappa shape index (κ3) is 2.40. The largest absolute Gasteiger partial charge is 0.292 e. The summed E-state index contributed by atoms with van der Waals surface area (Å²) in [7, 11) is 0. The maximum atomic E-state index is 13.7. The van der Waals surface area contributed by atoms with Crippen LogP contribution in [0.25, 0.3) is 10.2 Å². The first-order valence-corrected chi connectivity index (χ1v) is 7.12. The van der Waals surface area contributed by atoms with Crippen molar-refractivity contribution in [1.29, 1.82) is 0 Å². The molecule has 0 fully saturated rings. The molecule has 1 aromatic carbocycles. The topological polar surface area (TPSA) is 63.8 Å². The highest BCUT2D eigenvalue weighted by atomic mass is 32.2. The van der Waals surface area contributed by atoms with Crippen LogP contribution in [0.4, 0.5) is 10.3 Å². The summed E-state index contributed by atoms with van der Waals surface area (Å²) in [4.78, 5) is 9.87. The Morgan fingerprint density at radius 3 is 2.84 bits per heavy atom. The van der Waals surface area contributed by atoms with Gasteiger partial charge < -0.3 is 0 Å². The molecule has 0 amide bonds. The number of rotatable bonds is 3. The lowest BCUT2D eigenvalue weighted by Crippen LogP contribution is -2.10. The first-order chi connectivity index (χ1) is 9.28. The number of hydrazine groups is 1. The van der Waals surface area contributed by atoms with Crippen LogP contribution in [0, 0.1) is 5.82 Å². The molecular weight excluding hydrogens is 283 g/mol. The summed E-state index contributed by atoms with van der Waals surface area (Å²) in [6.07, 6.45) is 0. The molecule has 19 heavy (non-hydrogen) atoms. The van der Waals surface area contributed by atoms with Gasteiger partial charge in [-0.25, -0.2) is 20.2 Å². The monoisotopic (exact) mass is 292 g/mol. The number of nitrogens with one attached hydrogen (secondary N) is 1. The van der Waals surface area contributed by atoms with E-state index in [-0.39, 0.29) is 5.82 Å². The Hall–Kier alpha value is -1.70. The molecule has 4 nitrogen and oxygen atoms in total. The summed E-state index contributed by atoms with van der Waals surface area (Å²) in [5.41, 5.74) is 2.43. The minimum Gasteiger partial charge on any atom is -0.292 e. The van der Waals surface area contributed by atoms with Gasteiger partial charge >= 0.3 is 0 Å². The molecule has 96 valence electrons. The SMILES string of the molecule is NNc1nc(Sc2ccccc2F)c2ccsc2n1. The molecule has 0 unspecified atom stereocenters. The van der Waals surface area contributed by atoms with E-state index in [1.807, 2.05) is 11.4 Å². The number of anilines is 1. The third-order valence-corrected chi connectivity index (χ3v) is 4.32. The lowest BCUT2D eigenvalue weighted by Gasteiger charge is -2.05. The van der Waals surface area contributed by atoms with Crippen molar-refractivity contribution < 1.29 is 4.39 Å². The Balaban J connectivity index is 2.09. The van der Waals surface area contributed by atoms with E-state index in [9.17, 15) is 4.39 Å². The van der Waals surface area contributed by atoms with Crippen LogP contribution >= 0.6 is 23.1 Å². The van der Waals surface area contributed by atoms with Crippen molar-refractivity contribution in [1.82, 2.24) is 9.97 Å². The predicted molar refractivity (Wildman–Crippen MR) is 75.7 cm³/mol. The molecule has 0 bridgehead atoms. The zero-order valence-electron chi connectivity index (χ0n) is 9.63. The molecule has 0 radical (unpaired) electrons. The number of halogens is 1. The fraction of sp³-hybridized carbons (Fsp3) is 0. The van der Waals surface area contributed by atoms with Crippen molar-refractivity contribution in [3.8, 4) is 0 Å². The molecule has 3 aromatic rings. The smallest absolute Gasteiger partial charge is 0.239 e. The highest BCUT2D eigenvalue weighted by Gasteiger charge is 2.11. The van der Waals surface area contributed by atoms with Gasteiger partial charge in [-0.3, -0.25) is 5.43 Å². The Labute approximate surface area is 116 Å². The van der Waals surface area contributed by atoms with Crippen molar-refractivity contribution >= 4 is 39.3 Å². The molecule has 3 N–H and O–H groups in total. The third-order valence-electron chi connectivity index (χ3n) is 2.46. The Kier molecular flexibility index (Phi) is 3.33. The van der Waals surface area contributed by atoms with Crippen molar-refractivity contribution in [2.75, 3.05) is 5.43 Å². The molecular formula is C12H9FN4S2. The maximum Gasteiger partial charge on any atom is 0.239 e. The number of nitrogen functional groups attached to an aromatic ring is 1. The second-order valence-electron chi connectivity index (χ2n) is 3.67. The van der Waals surface area contributed by atoms with E-state index in [2.05, 4.69) is 15.4 Å². The summed E-state index contributed by atoms with van der Waals surface area (Å²) in [6.45, 7) is 0. The minimum absolute atomic E-state index is 0.267. The van der Waals surface area contributed by atoms with Gasteiger partial charge in [0, 0.05) is 10.3 Å². The fourth-order valence-corrected chi connectivity index (χ4v) is 3.36. The summed E-state index contributed by atoms with van der Waals surface area (Å²) < 4.78 is 13.7. The first kappa shape index (κ1) is 12.3. The van der Waals surface area contributed by atoms with Crippen LogP contribution in [0.2, 0.25) is 0 Å². The van der Waals surface area contributed by atoms with Crippen LogP contribution in [-0.4, -0.2) is 9.97 Å². The van der Waals surface area contributed by atoms with E-state index in [0.717, 1.165) is 10.2 Å². The van der Waals surface area contributed by atoms with Gasteiger partial charge in [0.2, 0.25) is 5.95 Å². The van der Waals surface area contributed by atoms with E-state index < -0.39 is 0 Å². The number of nitrogens with zero attached hydrogens (tertiary/aromatic N) is 2. The summed E-state index contributed by atoms with van der Waals surface area (Å²) in [5.74, 6) is 5.41. The Bertz CT molecular complexity index is 729. The summed E-state index contributed by atoms with van der Waals surface area (Å²) in [5, 5.41) is 3.51. The average molecular weight is 292 g/mol. The molecule has 3 rings (SSSR count). The second kappa shape index (κ2) is 5.12. The molecule has 0 aliphatic rings. The number of benzene rings is 1. The first-order valence-electron chi connectivity index (χ1n) is 5.42. The number of thiophene rings is 1. The Morgan fingerprint density at radius 1 is 1.21 bits per heavy atom. The van der Waals surface area contributed by atoms with Crippen LogP contribution in [0.15, 0.2) is 45.6 Å². The van der Waals surface area contributed by atoms with Gasteiger partial charge in [-0.2, -0.15) is 0 Å². The zero-order chi connectivity index (χ0) is 13.2. The lowest BCUT2D eigenvalue weighted by atomic mass is 10.3. The highest BCUT2D eigenvalue weighted by Crippen LogP contribution is 2.35. The van der Waals surface area contributed by atoms with E-state index >= 15 is 0 Å². The van der Waals surface area contributed by atoms with Gasteiger partial charge in [-0.1, -0.05) is 23.9 Å². The van der Waals surface area contributed by atoms with E-state index in [4.69, 9.17) is 5.84 Å². The number of hydrogen-bond acceptors (Lipinski definition) is 6. The maximum absolute atomic E-state index is 13.7. The van der Waals surface area contributed by atoms with Crippen LogP contribution in [0.1, 0.15) is 0 Å². The van der Waals surface area contributed by atoms with Crippen molar-refractivity contribution in [2.45, 2.75) is 9.92 Å². The van der Waals surface area contributed by atoms with Crippen LogP contribution in [-0.2, 0) is 0 Å². The van der Waals surface area contributed by atoms with Gasteiger partial charge in [0.25, 0.3) is 0 Å². The van der Waals surface area contributed by atoms with Gasteiger partial charge in [0.1, 0.15) is 15.7 Å². The van der Waals surface area contributed by atoms with Crippen LogP contribution in [0.3, 0.4) is 0 Å². The number of nitrogens with two attached hydrogens (primary N) is 1. The molecule has 0 saturated carbocycles. The molecule has 0 atom stereocenters. The normalized spacial score (nSPS) is 10.8. The molecule has 2 heterocycles. The van der Waals surface area contributed by atoms with E-state index in [1.54, 1.807) is 18.2 Å². The molecule has 0 aliphatic heterocycles. The summed E-state index contributed by atoms with van der Waals surface area (Å²) in [6, 6.07) is 8.52. The predicted octanol–water partition coefficient (Wildman–Crippen LogP) is 3.27. The highest BCUT2D eigenvalue weighted by molar-refractivity contribution is 7.99. The van der Waals surface area contributed by atoms with E-state index in [1.165, 1.54) is 29.2 Å². The quantitative estimate of drug-likeness (QED) is 0.441. The number of fused-ring (bicyclic) bond motifs is 1. The van der Waals surface area contributed by atoms with Crippen LogP contribution < -0.4 is 11.3 Å². The standard InChI is InChI=1S/C12H9FN4S2/c13-8-3-1-2-4-9(8)19-11-7-5-6-18-10(7)15-12(16-11)17-14/h1-6H,14H2,(H,15,16,17). The van der Waals surface area contributed by atoms with Crippen molar-refractivity contribution in [3.05, 3.63) is 41.5 Å². The second-order valence-corrected chi connectivity index (χ2v) is 5.59. The molecule has 0 saturated heterocycles. The van der Waals surface area contributed by atoms with Gasteiger partial charge in [-0.05, 0) is 23.6 Å². The van der Waals surface area contributed by atoms with Crippen molar-refractivity contribution in [2.24, 2.45) is 5.84 Å². The molecule has 0 aliphatic carbocycles. The van der Waals surface area contributed by atoms with Crippen LogP contribution in [0.5, 0.6) is 0 Å². The van der Waals surface area contributed by atoms with Gasteiger partial charge in [0.15, 0.2) is 0 Å². The zero-order valence-corrected chi connectivity index (χ0v) is 11.3. The number of hydrogen-bond donors (Lipinski definition) is 2. The Morgan fingerprint density at radius 2 is 2.05 bits per heavy atom. The molecule has 2 aromatic heterocycles. The van der Waals surface area contributed by atoms with Gasteiger partial charge in [0.05, 0.1) is 0 Å². The average Bonchev–Trinajstić information content (AvgIpc) is 2.89. The summed E-state index contributed by atoms with van der Waals surface area (Å²) >= 11 is 2.75. The fourth-order valence-electron chi connectivity index (χ4n) is 1.60. The molecule has 0 spiro atoms. The lowest BCUT2D eigenvalue weighted by molar-refractivity contribution is 0.602. The minimum atomic E-state index is -0.267. The van der Waals surface area contributed by atoms with Crippen molar-refractivity contribution in [3.63, 3.8) is 0 Å².